The molecule has 0 saturated carbocycles. The first-order chi connectivity index (χ1) is 9.04. The lowest BCUT2D eigenvalue weighted by atomic mass is 10.1. The highest BCUT2D eigenvalue weighted by molar-refractivity contribution is 6.30. The van der Waals surface area contributed by atoms with Crippen LogP contribution in [0.5, 0.6) is 0 Å². The second-order valence-electron chi connectivity index (χ2n) is 4.26. The Hall–Kier alpha value is -1.13. The van der Waals surface area contributed by atoms with Crippen molar-refractivity contribution in [3.05, 3.63) is 34.6 Å². The van der Waals surface area contributed by atoms with E-state index >= 15 is 0 Å². The van der Waals surface area contributed by atoms with Crippen LogP contribution in [0, 0.1) is 5.82 Å². The third-order valence-corrected chi connectivity index (χ3v) is 3.06. The van der Waals surface area contributed by atoms with E-state index in [4.69, 9.17) is 16.3 Å². The molecule has 1 aromatic rings. The Kier molecular flexibility index (Phi) is 6.81. The van der Waals surface area contributed by atoms with Gasteiger partial charge in [-0.05, 0) is 44.5 Å². The largest absolute Gasteiger partial charge is 0.466 e. The van der Waals surface area contributed by atoms with Crippen molar-refractivity contribution < 1.29 is 13.9 Å². The highest BCUT2D eigenvalue weighted by atomic mass is 35.5. The zero-order valence-corrected chi connectivity index (χ0v) is 12.0. The van der Waals surface area contributed by atoms with Gasteiger partial charge in [-0.1, -0.05) is 17.7 Å². The molecular formula is C14H19ClFNO2. The Morgan fingerprint density at radius 2 is 2.26 bits per heavy atom. The number of carbonyl (C=O) groups excluding carboxylic acids is 1. The lowest BCUT2D eigenvalue weighted by Gasteiger charge is -2.14. The van der Waals surface area contributed by atoms with Gasteiger partial charge >= 0.3 is 5.97 Å². The predicted molar refractivity (Wildman–Crippen MR) is 73.7 cm³/mol. The first-order valence-corrected chi connectivity index (χ1v) is 6.76. The molecular weight excluding hydrogens is 269 g/mol. The molecule has 1 rings (SSSR count). The summed E-state index contributed by atoms with van der Waals surface area (Å²) in [5.74, 6) is -0.603. The van der Waals surface area contributed by atoms with E-state index in [1.54, 1.807) is 19.1 Å². The first kappa shape index (κ1) is 15.9. The van der Waals surface area contributed by atoms with Gasteiger partial charge in [0.1, 0.15) is 5.82 Å². The topological polar surface area (TPSA) is 38.3 Å². The number of halogens is 2. The van der Waals surface area contributed by atoms with E-state index in [-0.39, 0.29) is 17.0 Å². The van der Waals surface area contributed by atoms with Gasteiger partial charge in [0.15, 0.2) is 0 Å². The maximum absolute atomic E-state index is 13.3. The maximum atomic E-state index is 13.3. The monoisotopic (exact) mass is 287 g/mol. The Labute approximate surface area is 118 Å². The van der Waals surface area contributed by atoms with Crippen LogP contribution in [0.1, 0.15) is 38.3 Å². The summed E-state index contributed by atoms with van der Waals surface area (Å²) in [6.07, 6.45) is 1.09. The van der Waals surface area contributed by atoms with E-state index in [1.165, 1.54) is 6.07 Å². The summed E-state index contributed by atoms with van der Waals surface area (Å²) in [5.41, 5.74) is 0.832. The molecule has 5 heteroatoms. The number of hydrogen-bond donors (Lipinski definition) is 1. The van der Waals surface area contributed by atoms with E-state index in [9.17, 15) is 9.18 Å². The molecule has 0 aliphatic heterocycles. The van der Waals surface area contributed by atoms with Crippen molar-refractivity contribution in [2.75, 3.05) is 13.2 Å². The molecule has 0 fully saturated rings. The van der Waals surface area contributed by atoms with Crippen molar-refractivity contribution in [3.63, 3.8) is 0 Å². The predicted octanol–water partition coefficient (Wildman–Crippen LogP) is 3.47. The van der Waals surface area contributed by atoms with E-state index in [0.717, 1.165) is 5.56 Å². The summed E-state index contributed by atoms with van der Waals surface area (Å²) in [4.78, 5) is 11.1. The SMILES string of the molecule is CCOC(=O)CCCNC(C)c1ccc(Cl)c(F)c1. The number of carbonyl (C=O) groups is 1. The Morgan fingerprint density at radius 1 is 1.53 bits per heavy atom. The van der Waals surface area contributed by atoms with E-state index in [0.29, 0.717) is 26.0 Å². The fourth-order valence-corrected chi connectivity index (χ4v) is 1.80. The third-order valence-electron chi connectivity index (χ3n) is 2.76. The average molecular weight is 288 g/mol. The molecule has 0 bridgehead atoms. The molecule has 0 amide bonds. The van der Waals surface area contributed by atoms with Crippen LogP contribution in [0.3, 0.4) is 0 Å². The van der Waals surface area contributed by atoms with Crippen LogP contribution in [-0.4, -0.2) is 19.1 Å². The minimum Gasteiger partial charge on any atom is -0.466 e. The first-order valence-electron chi connectivity index (χ1n) is 6.38. The minimum atomic E-state index is -0.417. The van der Waals surface area contributed by atoms with Crippen LogP contribution >= 0.6 is 11.6 Å². The van der Waals surface area contributed by atoms with Gasteiger partial charge in [-0.25, -0.2) is 4.39 Å². The molecule has 0 radical (unpaired) electrons. The Bertz CT molecular complexity index is 426. The van der Waals surface area contributed by atoms with Crippen LogP contribution in [0.2, 0.25) is 5.02 Å². The maximum Gasteiger partial charge on any atom is 0.305 e. The van der Waals surface area contributed by atoms with Gasteiger partial charge in [0.05, 0.1) is 11.6 Å². The highest BCUT2D eigenvalue weighted by Gasteiger charge is 2.08. The van der Waals surface area contributed by atoms with Crippen molar-refractivity contribution in [1.29, 1.82) is 0 Å². The summed E-state index contributed by atoms with van der Waals surface area (Å²) in [5, 5.41) is 3.35. The highest BCUT2D eigenvalue weighted by Crippen LogP contribution is 2.19. The van der Waals surface area contributed by atoms with E-state index < -0.39 is 5.82 Å². The molecule has 1 aromatic carbocycles. The fraction of sp³-hybridized carbons (Fsp3) is 0.500. The second kappa shape index (κ2) is 8.12. The van der Waals surface area contributed by atoms with Gasteiger partial charge in [-0.3, -0.25) is 4.79 Å². The molecule has 3 nitrogen and oxygen atoms in total. The van der Waals surface area contributed by atoms with Crippen molar-refractivity contribution in [2.45, 2.75) is 32.7 Å². The molecule has 0 aliphatic carbocycles. The summed E-state index contributed by atoms with van der Waals surface area (Å²) in [6, 6.07) is 4.76. The Morgan fingerprint density at radius 3 is 2.89 bits per heavy atom. The number of esters is 1. The minimum absolute atomic E-state index is 0.00830. The van der Waals surface area contributed by atoms with Crippen LogP contribution in [0.15, 0.2) is 18.2 Å². The number of benzene rings is 1. The van der Waals surface area contributed by atoms with Gasteiger partial charge < -0.3 is 10.1 Å². The Balaban J connectivity index is 2.33. The van der Waals surface area contributed by atoms with Crippen molar-refractivity contribution in [2.24, 2.45) is 0 Å². The smallest absolute Gasteiger partial charge is 0.305 e. The van der Waals surface area contributed by atoms with Crippen LogP contribution in [0.25, 0.3) is 0 Å². The number of ether oxygens (including phenoxy) is 1. The molecule has 1 unspecified atom stereocenters. The zero-order valence-electron chi connectivity index (χ0n) is 11.2. The molecule has 0 saturated heterocycles. The normalized spacial score (nSPS) is 12.2. The van der Waals surface area contributed by atoms with Gasteiger partial charge in [0.25, 0.3) is 0 Å². The third kappa shape index (κ3) is 5.57. The van der Waals surface area contributed by atoms with Gasteiger partial charge in [-0.15, -0.1) is 0 Å². The molecule has 0 aliphatic rings. The van der Waals surface area contributed by atoms with E-state index in [1.807, 2.05) is 6.92 Å². The molecule has 0 heterocycles. The fourth-order valence-electron chi connectivity index (χ4n) is 1.68. The van der Waals surface area contributed by atoms with Crippen LogP contribution in [-0.2, 0) is 9.53 Å². The summed E-state index contributed by atoms with van der Waals surface area (Å²) < 4.78 is 18.1. The van der Waals surface area contributed by atoms with Gasteiger partial charge in [0, 0.05) is 12.5 Å². The number of hydrogen-bond acceptors (Lipinski definition) is 3. The van der Waals surface area contributed by atoms with Gasteiger partial charge in [-0.2, -0.15) is 0 Å². The van der Waals surface area contributed by atoms with Crippen molar-refractivity contribution in [3.8, 4) is 0 Å². The molecule has 0 spiro atoms. The second-order valence-corrected chi connectivity index (χ2v) is 4.67. The average Bonchev–Trinajstić information content (AvgIpc) is 2.38. The van der Waals surface area contributed by atoms with Crippen molar-refractivity contribution in [1.82, 2.24) is 5.32 Å². The quantitative estimate of drug-likeness (QED) is 0.616. The van der Waals surface area contributed by atoms with Gasteiger partial charge in [0.2, 0.25) is 0 Å². The zero-order chi connectivity index (χ0) is 14.3. The molecule has 1 N–H and O–H groups in total. The number of nitrogens with one attached hydrogen (secondary N) is 1. The summed E-state index contributed by atoms with van der Waals surface area (Å²) >= 11 is 5.63. The molecule has 1 atom stereocenters. The van der Waals surface area contributed by atoms with Crippen LogP contribution < -0.4 is 5.32 Å². The standard InChI is InChI=1S/C14H19ClFNO2/c1-3-19-14(18)5-4-8-17-10(2)11-6-7-12(15)13(16)9-11/h6-7,9-10,17H,3-5,8H2,1-2H3. The van der Waals surface area contributed by atoms with E-state index in [2.05, 4.69) is 5.32 Å². The molecule has 19 heavy (non-hydrogen) atoms. The van der Waals surface area contributed by atoms with Crippen LogP contribution in [0.4, 0.5) is 4.39 Å². The number of rotatable bonds is 7. The molecule has 106 valence electrons. The summed E-state index contributed by atoms with van der Waals surface area (Å²) in [7, 11) is 0. The lowest BCUT2D eigenvalue weighted by Crippen LogP contribution is -2.21. The lowest BCUT2D eigenvalue weighted by molar-refractivity contribution is -0.143. The summed E-state index contributed by atoms with van der Waals surface area (Å²) in [6.45, 7) is 4.80. The van der Waals surface area contributed by atoms with Crippen molar-refractivity contribution >= 4 is 17.6 Å². The molecule has 0 aromatic heterocycles.